The fourth-order valence-electron chi connectivity index (χ4n) is 1.88. The third kappa shape index (κ3) is 4.03. The second kappa shape index (κ2) is 6.68. The Morgan fingerprint density at radius 3 is 2.75 bits per heavy atom. The van der Waals surface area contributed by atoms with Crippen molar-refractivity contribution in [2.45, 2.75) is 13.5 Å². The number of aromatic nitrogens is 1. The van der Waals surface area contributed by atoms with Gasteiger partial charge in [0.05, 0.1) is 22.1 Å². The average molecular weight is 329 g/mol. The Balaban J connectivity index is 1.99. The highest BCUT2D eigenvalue weighted by Gasteiger charge is 2.16. The molecule has 2 aromatic heterocycles. The number of hydrogen-bond acceptors (Lipinski definition) is 4. The average Bonchev–Trinajstić information content (AvgIpc) is 2.68. The van der Waals surface area contributed by atoms with Crippen LogP contribution in [0.5, 0.6) is 0 Å². The van der Waals surface area contributed by atoms with Gasteiger partial charge in [0.1, 0.15) is 4.34 Å². The van der Waals surface area contributed by atoms with E-state index in [4.69, 9.17) is 23.2 Å². The Morgan fingerprint density at radius 1 is 1.40 bits per heavy atom. The van der Waals surface area contributed by atoms with E-state index in [9.17, 15) is 4.79 Å². The van der Waals surface area contributed by atoms with Crippen molar-refractivity contribution >= 4 is 40.3 Å². The fourth-order valence-corrected chi connectivity index (χ4v) is 3.38. The lowest BCUT2D eigenvalue weighted by Crippen LogP contribution is -2.26. The molecule has 0 saturated heterocycles. The zero-order valence-corrected chi connectivity index (χ0v) is 13.5. The molecule has 6 heteroatoms. The smallest absolute Gasteiger partial charge is 0.179 e. The maximum atomic E-state index is 12.1. The molecule has 0 aromatic carbocycles. The highest BCUT2D eigenvalue weighted by Crippen LogP contribution is 2.31. The number of ketones is 1. The summed E-state index contributed by atoms with van der Waals surface area (Å²) in [6, 6.07) is 7.47. The van der Waals surface area contributed by atoms with Crippen molar-refractivity contribution in [1.82, 2.24) is 9.88 Å². The summed E-state index contributed by atoms with van der Waals surface area (Å²) >= 11 is 13.0. The minimum absolute atomic E-state index is 0.0340. The van der Waals surface area contributed by atoms with Gasteiger partial charge >= 0.3 is 0 Å². The molecule has 2 rings (SSSR count). The molecule has 20 heavy (non-hydrogen) atoms. The number of halogens is 2. The minimum Gasteiger partial charge on any atom is -0.293 e. The van der Waals surface area contributed by atoms with Gasteiger partial charge in [0, 0.05) is 12.2 Å². The number of Topliss-reactive ketones (excluding diaryl/α,β-unsaturated/α-hetero) is 1. The van der Waals surface area contributed by atoms with Crippen molar-refractivity contribution in [3.63, 3.8) is 0 Å². The summed E-state index contributed by atoms with van der Waals surface area (Å²) in [5.74, 6) is -0.0340. The summed E-state index contributed by atoms with van der Waals surface area (Å²) in [6.07, 6.45) is 0. The first-order valence-electron chi connectivity index (χ1n) is 6.05. The van der Waals surface area contributed by atoms with Gasteiger partial charge in [0.15, 0.2) is 5.78 Å². The summed E-state index contributed by atoms with van der Waals surface area (Å²) in [4.78, 5) is 18.5. The van der Waals surface area contributed by atoms with Gasteiger partial charge < -0.3 is 0 Å². The molecule has 0 radical (unpaired) electrons. The third-order valence-electron chi connectivity index (χ3n) is 2.75. The topological polar surface area (TPSA) is 33.2 Å². The van der Waals surface area contributed by atoms with Gasteiger partial charge in [0.25, 0.3) is 0 Å². The molecule has 0 saturated carbocycles. The number of likely N-dealkylation sites (N-methyl/N-ethyl adjacent to an activating group) is 1. The van der Waals surface area contributed by atoms with Gasteiger partial charge in [-0.2, -0.15) is 0 Å². The first-order valence-corrected chi connectivity index (χ1v) is 7.62. The summed E-state index contributed by atoms with van der Waals surface area (Å²) < 4.78 is 0.975. The van der Waals surface area contributed by atoms with Crippen LogP contribution in [0.2, 0.25) is 8.67 Å². The number of carbonyl (C=O) groups is 1. The quantitative estimate of drug-likeness (QED) is 0.775. The molecule has 3 nitrogen and oxygen atoms in total. The second-order valence-corrected chi connectivity index (χ2v) is 6.89. The molecule has 0 aliphatic carbocycles. The highest BCUT2D eigenvalue weighted by molar-refractivity contribution is 7.20. The molecular weight excluding hydrogens is 315 g/mol. The maximum absolute atomic E-state index is 12.1. The van der Waals surface area contributed by atoms with Crippen molar-refractivity contribution < 1.29 is 4.79 Å². The minimum atomic E-state index is -0.0340. The zero-order chi connectivity index (χ0) is 14.7. The number of carbonyl (C=O) groups excluding carboxylic acids is 1. The van der Waals surface area contributed by atoms with E-state index >= 15 is 0 Å². The van der Waals surface area contributed by atoms with Crippen LogP contribution < -0.4 is 0 Å². The number of nitrogens with zero attached hydrogens (tertiary/aromatic N) is 2. The summed E-state index contributed by atoms with van der Waals surface area (Å²) in [6.45, 7) is 2.84. The molecule has 0 aliphatic rings. The van der Waals surface area contributed by atoms with Crippen LogP contribution in [0.15, 0.2) is 24.3 Å². The van der Waals surface area contributed by atoms with Crippen LogP contribution in [0.3, 0.4) is 0 Å². The van der Waals surface area contributed by atoms with E-state index in [1.807, 2.05) is 37.1 Å². The Morgan fingerprint density at radius 2 is 2.15 bits per heavy atom. The highest BCUT2D eigenvalue weighted by atomic mass is 35.5. The van der Waals surface area contributed by atoms with Gasteiger partial charge in [-0.25, -0.2) is 0 Å². The first kappa shape index (κ1) is 15.4. The predicted octanol–water partition coefficient (Wildman–Crippen LogP) is 4.07. The molecule has 2 heterocycles. The van der Waals surface area contributed by atoms with Crippen molar-refractivity contribution in [3.05, 3.63) is 49.9 Å². The van der Waals surface area contributed by atoms with Crippen molar-refractivity contribution in [2.24, 2.45) is 0 Å². The van der Waals surface area contributed by atoms with E-state index in [2.05, 4.69) is 4.98 Å². The number of thiophene rings is 1. The molecule has 0 amide bonds. The van der Waals surface area contributed by atoms with Gasteiger partial charge in [-0.05, 0) is 32.2 Å². The molecule has 0 unspecified atom stereocenters. The monoisotopic (exact) mass is 328 g/mol. The molecule has 0 aliphatic heterocycles. The molecule has 0 N–H and O–H groups in total. The zero-order valence-electron chi connectivity index (χ0n) is 11.2. The van der Waals surface area contributed by atoms with E-state index in [1.165, 1.54) is 11.3 Å². The lowest BCUT2D eigenvalue weighted by molar-refractivity contribution is 0.0943. The second-order valence-electron chi connectivity index (χ2n) is 4.60. The molecule has 106 valence electrons. The van der Waals surface area contributed by atoms with Crippen LogP contribution in [-0.2, 0) is 6.54 Å². The molecular formula is C14H14Cl2N2OS. The van der Waals surface area contributed by atoms with Crippen LogP contribution in [0.1, 0.15) is 21.7 Å². The summed E-state index contributed by atoms with van der Waals surface area (Å²) in [5.41, 5.74) is 2.40. The van der Waals surface area contributed by atoms with E-state index in [0.29, 0.717) is 20.8 Å². The summed E-state index contributed by atoms with van der Waals surface area (Å²) in [5, 5.41) is 0. The molecule has 2 aromatic rings. The third-order valence-corrected chi connectivity index (χ3v) is 4.24. The molecule has 0 bridgehead atoms. The van der Waals surface area contributed by atoms with Crippen LogP contribution in [0.25, 0.3) is 0 Å². The predicted molar refractivity (Wildman–Crippen MR) is 84.0 cm³/mol. The Kier molecular flexibility index (Phi) is 5.16. The van der Waals surface area contributed by atoms with Crippen molar-refractivity contribution in [1.29, 1.82) is 0 Å². The van der Waals surface area contributed by atoms with Crippen LogP contribution in [-0.4, -0.2) is 29.3 Å². The van der Waals surface area contributed by atoms with Crippen molar-refractivity contribution in [2.75, 3.05) is 13.6 Å². The number of hydrogen-bond donors (Lipinski definition) is 0. The lowest BCUT2D eigenvalue weighted by atomic mass is 10.2. The fraction of sp³-hybridized carbons (Fsp3) is 0.286. The van der Waals surface area contributed by atoms with Gasteiger partial charge in [-0.3, -0.25) is 14.7 Å². The SMILES string of the molecule is Cc1cccc(CN(C)CC(=O)c2cc(Cl)sc2Cl)n1. The lowest BCUT2D eigenvalue weighted by Gasteiger charge is -2.15. The van der Waals surface area contributed by atoms with Gasteiger partial charge in [0.2, 0.25) is 0 Å². The number of aryl methyl sites for hydroxylation is 1. The van der Waals surface area contributed by atoms with E-state index in [-0.39, 0.29) is 12.3 Å². The summed E-state index contributed by atoms with van der Waals surface area (Å²) in [7, 11) is 1.88. The van der Waals surface area contributed by atoms with Gasteiger partial charge in [-0.15, -0.1) is 11.3 Å². The Hall–Kier alpha value is -0.940. The number of rotatable bonds is 5. The van der Waals surface area contributed by atoms with E-state index in [1.54, 1.807) is 6.07 Å². The maximum Gasteiger partial charge on any atom is 0.179 e. The Bertz CT molecular complexity index is 627. The molecule has 0 spiro atoms. The standard InChI is InChI=1S/C14H14Cl2N2OS/c1-9-4-3-5-10(17-9)7-18(2)8-12(19)11-6-13(15)20-14(11)16/h3-6H,7-8H2,1-2H3. The van der Waals surface area contributed by atoms with E-state index < -0.39 is 0 Å². The van der Waals surface area contributed by atoms with Crippen molar-refractivity contribution in [3.8, 4) is 0 Å². The first-order chi connectivity index (χ1) is 9.45. The van der Waals surface area contributed by atoms with Crippen LogP contribution in [0.4, 0.5) is 0 Å². The van der Waals surface area contributed by atoms with Crippen LogP contribution >= 0.6 is 34.5 Å². The molecule has 0 fully saturated rings. The largest absolute Gasteiger partial charge is 0.293 e. The van der Waals surface area contributed by atoms with E-state index in [0.717, 1.165) is 11.4 Å². The molecule has 0 atom stereocenters. The van der Waals surface area contributed by atoms with Gasteiger partial charge in [-0.1, -0.05) is 29.3 Å². The number of pyridine rings is 1. The normalized spacial score (nSPS) is 11.1. The van der Waals surface area contributed by atoms with Crippen LogP contribution in [0, 0.1) is 6.92 Å². The Labute approximate surface area is 132 Å².